The van der Waals surface area contributed by atoms with Crippen molar-refractivity contribution < 1.29 is 4.79 Å². The monoisotopic (exact) mass is 220 g/mol. The molecule has 1 aromatic heterocycles. The van der Waals surface area contributed by atoms with E-state index in [0.29, 0.717) is 18.3 Å². The van der Waals surface area contributed by atoms with Crippen LogP contribution < -0.4 is 5.32 Å². The topological polar surface area (TPSA) is 42.0 Å². The van der Waals surface area contributed by atoms with Gasteiger partial charge in [0.1, 0.15) is 5.69 Å². The van der Waals surface area contributed by atoms with Crippen molar-refractivity contribution in [3.05, 3.63) is 29.6 Å². The van der Waals surface area contributed by atoms with Crippen molar-refractivity contribution in [1.82, 2.24) is 10.3 Å². The Balaban J connectivity index is 2.75. The highest BCUT2D eigenvalue weighted by molar-refractivity contribution is 5.95. The SMILES string of the molecule is CC(C)NCc1cccc(C(=O)C(C)C)n1. The van der Waals surface area contributed by atoms with E-state index in [2.05, 4.69) is 24.1 Å². The molecule has 0 aliphatic rings. The third-order valence-corrected chi connectivity index (χ3v) is 2.28. The van der Waals surface area contributed by atoms with Gasteiger partial charge in [0.15, 0.2) is 5.78 Å². The molecule has 1 N–H and O–H groups in total. The van der Waals surface area contributed by atoms with Crippen molar-refractivity contribution in [2.75, 3.05) is 0 Å². The molecular formula is C13H20N2O. The highest BCUT2D eigenvalue weighted by Crippen LogP contribution is 2.06. The van der Waals surface area contributed by atoms with Crippen LogP contribution in [0.1, 0.15) is 43.9 Å². The Hall–Kier alpha value is -1.22. The van der Waals surface area contributed by atoms with E-state index in [1.807, 2.05) is 26.0 Å². The van der Waals surface area contributed by atoms with Crippen molar-refractivity contribution >= 4 is 5.78 Å². The van der Waals surface area contributed by atoms with E-state index < -0.39 is 0 Å². The molecule has 0 unspecified atom stereocenters. The minimum atomic E-state index is 0.000748. The minimum Gasteiger partial charge on any atom is -0.309 e. The Labute approximate surface area is 97.3 Å². The molecule has 3 nitrogen and oxygen atoms in total. The highest BCUT2D eigenvalue weighted by atomic mass is 16.1. The number of nitrogens with zero attached hydrogens (tertiary/aromatic N) is 1. The first kappa shape index (κ1) is 12.8. The van der Waals surface area contributed by atoms with Crippen molar-refractivity contribution in [1.29, 1.82) is 0 Å². The van der Waals surface area contributed by atoms with E-state index in [9.17, 15) is 4.79 Å². The number of ketones is 1. The fourth-order valence-corrected chi connectivity index (χ4v) is 1.32. The Morgan fingerprint density at radius 2 is 2.00 bits per heavy atom. The van der Waals surface area contributed by atoms with Crippen molar-refractivity contribution in [2.45, 2.75) is 40.3 Å². The first-order valence-corrected chi connectivity index (χ1v) is 5.74. The van der Waals surface area contributed by atoms with Crippen LogP contribution in [0.5, 0.6) is 0 Å². The number of hydrogen-bond acceptors (Lipinski definition) is 3. The normalized spacial score (nSPS) is 11.1. The molecule has 0 radical (unpaired) electrons. The molecule has 0 saturated carbocycles. The van der Waals surface area contributed by atoms with Crippen LogP contribution in [0.2, 0.25) is 0 Å². The van der Waals surface area contributed by atoms with Gasteiger partial charge >= 0.3 is 0 Å². The second kappa shape index (κ2) is 5.75. The van der Waals surface area contributed by atoms with Gasteiger partial charge in [-0.15, -0.1) is 0 Å². The van der Waals surface area contributed by atoms with Crippen LogP contribution in [0, 0.1) is 5.92 Å². The lowest BCUT2D eigenvalue weighted by Crippen LogP contribution is -2.23. The van der Waals surface area contributed by atoms with Gasteiger partial charge in [0, 0.05) is 18.5 Å². The number of nitrogens with one attached hydrogen (secondary N) is 1. The molecule has 0 atom stereocenters. The molecule has 88 valence electrons. The van der Waals surface area contributed by atoms with E-state index in [-0.39, 0.29) is 11.7 Å². The number of hydrogen-bond donors (Lipinski definition) is 1. The van der Waals surface area contributed by atoms with E-state index in [0.717, 1.165) is 5.69 Å². The molecule has 0 saturated heterocycles. The summed E-state index contributed by atoms with van der Waals surface area (Å²) in [5, 5.41) is 3.28. The summed E-state index contributed by atoms with van der Waals surface area (Å²) in [6.45, 7) is 8.66. The summed E-state index contributed by atoms with van der Waals surface area (Å²) in [5.74, 6) is 0.104. The Morgan fingerprint density at radius 1 is 1.31 bits per heavy atom. The van der Waals surface area contributed by atoms with Crippen LogP contribution >= 0.6 is 0 Å². The van der Waals surface area contributed by atoms with Crippen LogP contribution in [0.15, 0.2) is 18.2 Å². The van der Waals surface area contributed by atoms with E-state index in [1.54, 1.807) is 6.07 Å². The predicted molar refractivity (Wildman–Crippen MR) is 65.4 cm³/mol. The summed E-state index contributed by atoms with van der Waals surface area (Å²) in [5.41, 5.74) is 1.48. The van der Waals surface area contributed by atoms with Gasteiger partial charge < -0.3 is 5.32 Å². The maximum absolute atomic E-state index is 11.8. The molecular weight excluding hydrogens is 200 g/mol. The van der Waals surface area contributed by atoms with Gasteiger partial charge in [0.25, 0.3) is 0 Å². The zero-order chi connectivity index (χ0) is 12.1. The molecule has 0 spiro atoms. The molecule has 1 heterocycles. The zero-order valence-corrected chi connectivity index (χ0v) is 10.4. The molecule has 3 heteroatoms. The van der Waals surface area contributed by atoms with Gasteiger partial charge in [-0.05, 0) is 12.1 Å². The molecule has 0 aliphatic heterocycles. The second-order valence-corrected chi connectivity index (χ2v) is 4.57. The molecule has 0 aromatic carbocycles. The van der Waals surface area contributed by atoms with Gasteiger partial charge in [-0.3, -0.25) is 4.79 Å². The summed E-state index contributed by atoms with van der Waals surface area (Å²) >= 11 is 0. The summed E-state index contributed by atoms with van der Waals surface area (Å²) in [4.78, 5) is 16.1. The third kappa shape index (κ3) is 3.74. The minimum absolute atomic E-state index is 0.000748. The Morgan fingerprint density at radius 3 is 2.56 bits per heavy atom. The number of pyridine rings is 1. The molecule has 0 fully saturated rings. The molecule has 0 amide bonds. The number of carbonyl (C=O) groups is 1. The zero-order valence-electron chi connectivity index (χ0n) is 10.4. The maximum atomic E-state index is 11.8. The predicted octanol–water partition coefficient (Wildman–Crippen LogP) is 2.42. The van der Waals surface area contributed by atoms with Crippen LogP contribution in [-0.4, -0.2) is 16.8 Å². The largest absolute Gasteiger partial charge is 0.309 e. The van der Waals surface area contributed by atoms with Crippen LogP contribution in [0.25, 0.3) is 0 Å². The molecule has 1 aromatic rings. The van der Waals surface area contributed by atoms with Gasteiger partial charge in [0.05, 0.1) is 5.69 Å². The van der Waals surface area contributed by atoms with Crippen LogP contribution in [0.4, 0.5) is 0 Å². The summed E-state index contributed by atoms with van der Waals surface area (Å²) in [6.07, 6.45) is 0. The lowest BCUT2D eigenvalue weighted by atomic mass is 10.1. The first-order chi connectivity index (χ1) is 7.50. The molecule has 0 aliphatic carbocycles. The van der Waals surface area contributed by atoms with Gasteiger partial charge in [0.2, 0.25) is 0 Å². The average molecular weight is 220 g/mol. The van der Waals surface area contributed by atoms with Gasteiger partial charge in [-0.2, -0.15) is 0 Å². The summed E-state index contributed by atoms with van der Waals surface area (Å²) in [7, 11) is 0. The summed E-state index contributed by atoms with van der Waals surface area (Å²) in [6, 6.07) is 6.03. The smallest absolute Gasteiger partial charge is 0.183 e. The van der Waals surface area contributed by atoms with Gasteiger partial charge in [-0.25, -0.2) is 4.98 Å². The Bertz CT molecular complexity index is 359. The Kier molecular flexibility index (Phi) is 4.62. The number of aromatic nitrogens is 1. The number of carbonyl (C=O) groups excluding carboxylic acids is 1. The van der Waals surface area contributed by atoms with Crippen molar-refractivity contribution in [3.63, 3.8) is 0 Å². The number of Topliss-reactive ketones (excluding diaryl/α,β-unsaturated/α-hetero) is 1. The maximum Gasteiger partial charge on any atom is 0.183 e. The highest BCUT2D eigenvalue weighted by Gasteiger charge is 2.11. The fourth-order valence-electron chi connectivity index (χ4n) is 1.32. The standard InChI is InChI=1S/C13H20N2O/c1-9(2)13(16)12-7-5-6-11(15-12)8-14-10(3)4/h5-7,9-10,14H,8H2,1-4H3. The second-order valence-electron chi connectivity index (χ2n) is 4.57. The van der Waals surface area contributed by atoms with E-state index >= 15 is 0 Å². The fraction of sp³-hybridized carbons (Fsp3) is 0.538. The lowest BCUT2D eigenvalue weighted by Gasteiger charge is -2.09. The molecule has 0 bridgehead atoms. The summed E-state index contributed by atoms with van der Waals surface area (Å²) < 4.78 is 0. The van der Waals surface area contributed by atoms with Crippen LogP contribution in [0.3, 0.4) is 0 Å². The van der Waals surface area contributed by atoms with E-state index in [1.165, 1.54) is 0 Å². The van der Waals surface area contributed by atoms with Crippen molar-refractivity contribution in [2.24, 2.45) is 5.92 Å². The molecule has 16 heavy (non-hydrogen) atoms. The van der Waals surface area contributed by atoms with Crippen LogP contribution in [-0.2, 0) is 6.54 Å². The third-order valence-electron chi connectivity index (χ3n) is 2.28. The van der Waals surface area contributed by atoms with Gasteiger partial charge in [-0.1, -0.05) is 33.8 Å². The quantitative estimate of drug-likeness (QED) is 0.775. The lowest BCUT2D eigenvalue weighted by molar-refractivity contribution is 0.0934. The molecule has 1 rings (SSSR count). The van der Waals surface area contributed by atoms with Crippen molar-refractivity contribution in [3.8, 4) is 0 Å². The van der Waals surface area contributed by atoms with E-state index in [4.69, 9.17) is 0 Å². The first-order valence-electron chi connectivity index (χ1n) is 5.74. The number of rotatable bonds is 5. The average Bonchev–Trinajstić information content (AvgIpc) is 2.25.